The second kappa shape index (κ2) is 6.17. The normalized spacial score (nSPS) is 25.0. The maximum atomic E-state index is 13.6. The summed E-state index contributed by atoms with van der Waals surface area (Å²) in [5.74, 6) is -3.74. The molecule has 1 fully saturated rings. The summed E-state index contributed by atoms with van der Waals surface area (Å²) in [6.07, 6.45) is 4.48. The number of hydrogen-bond acceptors (Lipinski definition) is 6. The predicted octanol–water partition coefficient (Wildman–Crippen LogP) is 1.62. The predicted molar refractivity (Wildman–Crippen MR) is 92.8 cm³/mol. The number of nitrogens with zero attached hydrogens (tertiary/aromatic N) is 1. The van der Waals surface area contributed by atoms with Crippen molar-refractivity contribution in [2.45, 2.75) is 31.3 Å². The van der Waals surface area contributed by atoms with Crippen LogP contribution < -0.4 is 0 Å². The molecule has 142 valence electrons. The summed E-state index contributed by atoms with van der Waals surface area (Å²) in [7, 11) is 0. The second-order valence-corrected chi connectivity index (χ2v) is 7.02. The van der Waals surface area contributed by atoms with Gasteiger partial charge in [-0.25, -0.2) is 18.9 Å². The number of benzene rings is 1. The molecule has 1 aromatic carbocycles. The highest BCUT2D eigenvalue weighted by molar-refractivity contribution is 5.93. The van der Waals surface area contributed by atoms with E-state index in [9.17, 15) is 19.1 Å². The molecule has 1 aromatic heterocycles. The Labute approximate surface area is 154 Å². The summed E-state index contributed by atoms with van der Waals surface area (Å²) in [4.78, 5) is 28.6. The van der Waals surface area contributed by atoms with E-state index in [1.165, 1.54) is 19.1 Å². The smallest absolute Gasteiger partial charge is 0.350 e. The zero-order chi connectivity index (χ0) is 19.2. The number of aromatic amines is 1. The van der Waals surface area contributed by atoms with E-state index in [0.29, 0.717) is 19.5 Å². The highest BCUT2D eigenvalue weighted by Gasteiger charge is 2.63. The van der Waals surface area contributed by atoms with Crippen LogP contribution in [-0.4, -0.2) is 51.5 Å². The fourth-order valence-electron chi connectivity index (χ4n) is 3.72. The lowest BCUT2D eigenvalue weighted by molar-refractivity contribution is -0.323. The van der Waals surface area contributed by atoms with E-state index >= 15 is 0 Å². The lowest BCUT2D eigenvalue weighted by Gasteiger charge is -2.41. The maximum absolute atomic E-state index is 13.6. The van der Waals surface area contributed by atoms with Gasteiger partial charge in [0.15, 0.2) is 5.60 Å². The molecule has 3 heterocycles. The third-order valence-electron chi connectivity index (χ3n) is 5.18. The summed E-state index contributed by atoms with van der Waals surface area (Å²) in [6.45, 7) is 2.17. The third-order valence-corrected chi connectivity index (χ3v) is 5.18. The number of aromatic nitrogens is 1. The van der Waals surface area contributed by atoms with E-state index in [1.807, 2.05) is 0 Å². The Morgan fingerprint density at radius 1 is 1.26 bits per heavy atom. The quantitative estimate of drug-likeness (QED) is 0.794. The Kier molecular flexibility index (Phi) is 4.05. The van der Waals surface area contributed by atoms with Crippen LogP contribution in [0, 0.1) is 5.82 Å². The minimum absolute atomic E-state index is 0.260. The molecule has 0 radical (unpaired) electrons. The summed E-state index contributed by atoms with van der Waals surface area (Å²) in [5, 5.41) is 11.5. The number of fused-ring (bicyclic) bond motifs is 1. The second-order valence-electron chi connectivity index (χ2n) is 7.02. The van der Waals surface area contributed by atoms with Gasteiger partial charge in [0.05, 0.1) is 0 Å². The number of ether oxygens (including phenoxy) is 2. The van der Waals surface area contributed by atoms with Crippen LogP contribution in [0.15, 0.2) is 36.5 Å². The molecule has 2 N–H and O–H groups in total. The van der Waals surface area contributed by atoms with Gasteiger partial charge in [-0.1, -0.05) is 0 Å². The van der Waals surface area contributed by atoms with Crippen molar-refractivity contribution in [3.8, 4) is 0 Å². The lowest BCUT2D eigenvalue weighted by atomic mass is 10.0. The number of likely N-dealkylation sites (tertiary alicyclic amines) is 1. The van der Waals surface area contributed by atoms with Crippen LogP contribution in [0.5, 0.6) is 0 Å². The molecule has 2 aliphatic rings. The number of nitrogens with one attached hydrogen (secondary N) is 1. The van der Waals surface area contributed by atoms with Crippen LogP contribution in [-0.2, 0) is 25.5 Å². The molecule has 1 spiro atoms. The molecule has 0 amide bonds. The maximum Gasteiger partial charge on any atom is 0.350 e. The molecule has 0 bridgehead atoms. The topological polar surface area (TPSA) is 91.9 Å². The van der Waals surface area contributed by atoms with E-state index in [0.717, 1.165) is 28.6 Å². The number of H-pyrrole nitrogens is 1. The summed E-state index contributed by atoms with van der Waals surface area (Å²) in [5.41, 5.74) is 0.123. The highest BCUT2D eigenvalue weighted by atomic mass is 19.1. The van der Waals surface area contributed by atoms with E-state index in [-0.39, 0.29) is 12.2 Å². The molecule has 4 rings (SSSR count). The van der Waals surface area contributed by atoms with Crippen LogP contribution in [0.4, 0.5) is 4.39 Å². The fraction of sp³-hybridized carbons (Fsp3) is 0.368. The minimum atomic E-state index is -1.89. The molecule has 1 unspecified atom stereocenters. The van der Waals surface area contributed by atoms with E-state index in [2.05, 4.69) is 4.98 Å². The standard InChI is InChI=1S/C19H19FN2O5/c1-18(25)7-9-22(19(18)26-16(23)4-5-17(24)27-19)8-6-12-11-21-15-3-2-13(20)10-14(12)15/h2-5,10-11,21,25H,6-9H2,1H3. The summed E-state index contributed by atoms with van der Waals surface area (Å²) >= 11 is 0. The van der Waals surface area contributed by atoms with Crippen molar-refractivity contribution in [2.75, 3.05) is 13.1 Å². The van der Waals surface area contributed by atoms with Gasteiger partial charge in [0.1, 0.15) is 5.82 Å². The largest absolute Gasteiger partial charge is 0.402 e. The molecule has 7 nitrogen and oxygen atoms in total. The van der Waals surface area contributed by atoms with E-state index in [4.69, 9.17) is 9.47 Å². The highest BCUT2D eigenvalue weighted by Crippen LogP contribution is 2.41. The number of rotatable bonds is 3. The number of halogens is 1. The number of esters is 2. The Hall–Kier alpha value is -2.71. The van der Waals surface area contributed by atoms with E-state index < -0.39 is 23.5 Å². The van der Waals surface area contributed by atoms with Crippen molar-refractivity contribution in [1.82, 2.24) is 9.88 Å². The summed E-state index contributed by atoms with van der Waals surface area (Å²) in [6, 6.07) is 4.50. The Morgan fingerprint density at radius 3 is 2.67 bits per heavy atom. The first-order valence-electron chi connectivity index (χ1n) is 8.68. The molecular formula is C19H19FN2O5. The van der Waals surface area contributed by atoms with Crippen molar-refractivity contribution in [3.63, 3.8) is 0 Å². The number of hydrogen-bond donors (Lipinski definition) is 2. The molecule has 2 aromatic rings. The van der Waals surface area contributed by atoms with E-state index in [1.54, 1.807) is 17.2 Å². The van der Waals surface area contributed by atoms with Gasteiger partial charge < -0.3 is 19.6 Å². The monoisotopic (exact) mass is 374 g/mol. The zero-order valence-electron chi connectivity index (χ0n) is 14.7. The Bertz CT molecular complexity index is 929. The van der Waals surface area contributed by atoms with Crippen molar-refractivity contribution in [2.24, 2.45) is 0 Å². The van der Waals surface area contributed by atoms with Gasteiger partial charge >= 0.3 is 17.8 Å². The molecule has 2 aliphatic heterocycles. The number of aliphatic hydroxyl groups is 1. The van der Waals surface area contributed by atoms with Crippen LogP contribution in [0.3, 0.4) is 0 Å². The molecule has 1 saturated heterocycles. The first-order chi connectivity index (χ1) is 12.8. The van der Waals surface area contributed by atoms with Crippen LogP contribution >= 0.6 is 0 Å². The molecule has 8 heteroatoms. The van der Waals surface area contributed by atoms with Crippen molar-refractivity contribution in [3.05, 3.63) is 47.9 Å². The van der Waals surface area contributed by atoms with Crippen LogP contribution in [0.2, 0.25) is 0 Å². The lowest BCUT2D eigenvalue weighted by Crippen LogP contribution is -2.61. The van der Waals surface area contributed by atoms with Gasteiger partial charge in [0, 0.05) is 42.3 Å². The van der Waals surface area contributed by atoms with Crippen LogP contribution in [0.25, 0.3) is 10.9 Å². The van der Waals surface area contributed by atoms with Gasteiger partial charge in [0.2, 0.25) is 0 Å². The number of carbonyl (C=O) groups is 2. The zero-order valence-corrected chi connectivity index (χ0v) is 14.7. The molecule has 0 aliphatic carbocycles. The Balaban J connectivity index is 1.61. The van der Waals surface area contributed by atoms with Crippen molar-refractivity contribution in [1.29, 1.82) is 0 Å². The first-order valence-corrected chi connectivity index (χ1v) is 8.68. The molecular weight excluding hydrogens is 355 g/mol. The number of carbonyl (C=O) groups excluding carboxylic acids is 2. The minimum Gasteiger partial charge on any atom is -0.402 e. The molecule has 0 saturated carbocycles. The molecule has 1 atom stereocenters. The SMILES string of the molecule is CC1(O)CCN(CCc2c[nH]c3ccc(F)cc23)C12OC(=O)C=CC(=O)O2. The Morgan fingerprint density at radius 2 is 1.96 bits per heavy atom. The van der Waals surface area contributed by atoms with Crippen LogP contribution in [0.1, 0.15) is 18.9 Å². The average Bonchev–Trinajstić information content (AvgIpc) is 3.04. The molecule has 27 heavy (non-hydrogen) atoms. The van der Waals surface area contributed by atoms with Crippen molar-refractivity contribution < 1.29 is 28.6 Å². The van der Waals surface area contributed by atoms with Gasteiger partial charge in [-0.15, -0.1) is 0 Å². The van der Waals surface area contributed by atoms with Gasteiger partial charge in [-0.05, 0) is 43.5 Å². The average molecular weight is 374 g/mol. The fourth-order valence-corrected chi connectivity index (χ4v) is 3.72. The summed E-state index contributed by atoms with van der Waals surface area (Å²) < 4.78 is 24.3. The van der Waals surface area contributed by atoms with Gasteiger partial charge in [-0.2, -0.15) is 0 Å². The van der Waals surface area contributed by atoms with Crippen molar-refractivity contribution >= 4 is 22.8 Å². The van der Waals surface area contributed by atoms with Gasteiger partial charge in [0.25, 0.3) is 0 Å². The third kappa shape index (κ3) is 2.90. The van der Waals surface area contributed by atoms with Gasteiger partial charge in [-0.3, -0.25) is 0 Å². The first kappa shape index (κ1) is 17.7.